The number of fused-ring (bicyclic) bond motifs is 1. The molecule has 1 aromatic carbocycles. The highest BCUT2D eigenvalue weighted by molar-refractivity contribution is 5.95. The maximum absolute atomic E-state index is 14.3. The number of rotatable bonds is 2. The number of ether oxygens (including phenoxy) is 1. The Balaban J connectivity index is 0.00000155. The van der Waals surface area contributed by atoms with Gasteiger partial charge in [0.05, 0.1) is 17.1 Å². The van der Waals surface area contributed by atoms with Gasteiger partial charge in [-0.25, -0.2) is 9.18 Å². The summed E-state index contributed by atoms with van der Waals surface area (Å²) in [5, 5.41) is 2.92. The molecule has 3 rings (SSSR count). The summed E-state index contributed by atoms with van der Waals surface area (Å²) < 4.78 is 21.2. The molecule has 0 radical (unpaired) electrons. The van der Waals surface area contributed by atoms with Crippen molar-refractivity contribution in [2.75, 3.05) is 22.5 Å². The van der Waals surface area contributed by atoms with E-state index >= 15 is 0 Å². The van der Waals surface area contributed by atoms with Gasteiger partial charge in [0, 0.05) is 18.7 Å². The van der Waals surface area contributed by atoms with Gasteiger partial charge in [0.2, 0.25) is 0 Å². The van der Waals surface area contributed by atoms with E-state index in [2.05, 4.69) is 5.32 Å². The largest absolute Gasteiger partial charge is 0.443 e. The number of hydrogen-bond donors (Lipinski definition) is 2. The molecule has 1 amide bonds. The Bertz CT molecular complexity index is 1010. The number of anilines is 4. The van der Waals surface area contributed by atoms with E-state index in [1.54, 1.807) is 46.8 Å². The zero-order valence-electron chi connectivity index (χ0n) is 18.7. The summed E-state index contributed by atoms with van der Waals surface area (Å²) in [6.07, 6.45) is -0.582. The second kappa shape index (κ2) is 8.77. The van der Waals surface area contributed by atoms with Crippen LogP contribution in [0.25, 0.3) is 0 Å². The summed E-state index contributed by atoms with van der Waals surface area (Å²) in [7, 11) is 0. The maximum Gasteiger partial charge on any atom is 0.416 e. The molecule has 30 heavy (non-hydrogen) atoms. The predicted octanol–water partition coefficient (Wildman–Crippen LogP) is 4.71. The first-order valence-corrected chi connectivity index (χ1v) is 10.1. The smallest absolute Gasteiger partial charge is 0.416 e. The van der Waals surface area contributed by atoms with E-state index < -0.39 is 17.5 Å². The average molecular weight is 419 g/mol. The molecule has 0 bridgehead atoms. The predicted molar refractivity (Wildman–Crippen MR) is 119 cm³/mol. The molecule has 2 heterocycles. The molecule has 0 unspecified atom stereocenters. The van der Waals surface area contributed by atoms with Gasteiger partial charge in [-0.05, 0) is 52.3 Å². The van der Waals surface area contributed by atoms with E-state index in [0.29, 0.717) is 12.1 Å². The van der Waals surface area contributed by atoms with E-state index in [1.165, 1.54) is 15.5 Å². The molecular formula is C22H31FN4O3. The lowest BCUT2D eigenvalue weighted by Crippen LogP contribution is -2.36. The first-order chi connectivity index (χ1) is 14.0. The number of benzene rings is 1. The van der Waals surface area contributed by atoms with Crippen molar-refractivity contribution in [3.8, 4) is 0 Å². The van der Waals surface area contributed by atoms with Crippen LogP contribution in [0.2, 0.25) is 0 Å². The Kier molecular flexibility index (Phi) is 6.80. The molecule has 3 N–H and O–H groups in total. The van der Waals surface area contributed by atoms with Crippen molar-refractivity contribution < 1.29 is 13.9 Å². The molecule has 1 aliphatic heterocycles. The van der Waals surface area contributed by atoms with Gasteiger partial charge in [0.15, 0.2) is 0 Å². The molecule has 2 aromatic rings. The van der Waals surface area contributed by atoms with Gasteiger partial charge in [-0.1, -0.05) is 19.9 Å². The Morgan fingerprint density at radius 1 is 1.20 bits per heavy atom. The topological polar surface area (TPSA) is 89.6 Å². The maximum atomic E-state index is 14.3. The van der Waals surface area contributed by atoms with Gasteiger partial charge in [-0.3, -0.25) is 14.3 Å². The first kappa shape index (κ1) is 23.3. The zero-order chi connectivity index (χ0) is 22.8. The number of carbonyl (C=O) groups excluding carboxylic acids is 1. The van der Waals surface area contributed by atoms with Crippen LogP contribution in [0, 0.1) is 19.7 Å². The lowest BCUT2D eigenvalue weighted by molar-refractivity contribution is 0.0584. The minimum absolute atomic E-state index is 0.195. The highest BCUT2D eigenvalue weighted by atomic mass is 19.1. The van der Waals surface area contributed by atoms with Crippen LogP contribution in [-0.4, -0.2) is 22.8 Å². The fourth-order valence-corrected chi connectivity index (χ4v) is 3.18. The molecule has 0 atom stereocenters. The van der Waals surface area contributed by atoms with Gasteiger partial charge in [0.1, 0.15) is 17.2 Å². The fourth-order valence-electron chi connectivity index (χ4n) is 3.18. The van der Waals surface area contributed by atoms with Crippen molar-refractivity contribution in [3.05, 3.63) is 45.5 Å². The summed E-state index contributed by atoms with van der Waals surface area (Å²) in [6.45, 7) is 13.3. The van der Waals surface area contributed by atoms with Crippen LogP contribution < -0.4 is 21.5 Å². The normalized spacial score (nSPS) is 12.7. The molecule has 0 aliphatic carbocycles. The van der Waals surface area contributed by atoms with Gasteiger partial charge in [-0.15, -0.1) is 0 Å². The summed E-state index contributed by atoms with van der Waals surface area (Å²) in [5.74, 6) is -0.191. The van der Waals surface area contributed by atoms with Gasteiger partial charge in [-0.2, -0.15) is 0 Å². The summed E-state index contributed by atoms with van der Waals surface area (Å²) in [4.78, 5) is 26.7. The van der Waals surface area contributed by atoms with Crippen molar-refractivity contribution in [3.63, 3.8) is 0 Å². The molecule has 0 saturated carbocycles. The number of pyridine rings is 1. The van der Waals surface area contributed by atoms with Crippen molar-refractivity contribution in [1.29, 1.82) is 0 Å². The standard InChI is InChI=1S/C20H25FN4O3.C2H6/c1-11-6-7-14(13(21)10-11)23-16-12(2)18(26)24-8-9-25(17(24)15(16)22)19(27)28-20(3,4)5;1-2/h6-7,10,23H,8-9,22H2,1-5H3;1-2H3. The van der Waals surface area contributed by atoms with Crippen LogP contribution in [0.3, 0.4) is 0 Å². The molecule has 1 aliphatic rings. The molecular weight excluding hydrogens is 387 g/mol. The Morgan fingerprint density at radius 3 is 2.40 bits per heavy atom. The number of nitrogen functional groups attached to an aromatic ring is 1. The first-order valence-electron chi connectivity index (χ1n) is 10.1. The third-order valence-corrected chi connectivity index (χ3v) is 4.51. The van der Waals surface area contributed by atoms with Crippen LogP contribution in [-0.2, 0) is 11.3 Å². The molecule has 8 heteroatoms. The van der Waals surface area contributed by atoms with E-state index in [-0.39, 0.29) is 35.0 Å². The second-order valence-electron chi connectivity index (χ2n) is 7.93. The number of amides is 1. The third-order valence-electron chi connectivity index (χ3n) is 4.51. The molecule has 1 aromatic heterocycles. The van der Waals surface area contributed by atoms with Gasteiger partial charge >= 0.3 is 6.09 Å². The number of nitrogens with one attached hydrogen (secondary N) is 1. The van der Waals surface area contributed by atoms with Crippen LogP contribution >= 0.6 is 0 Å². The van der Waals surface area contributed by atoms with E-state index in [0.717, 1.165) is 5.56 Å². The Labute approximate surface area is 176 Å². The number of halogens is 1. The summed E-state index contributed by atoms with van der Waals surface area (Å²) in [6, 6.07) is 4.73. The molecule has 7 nitrogen and oxygen atoms in total. The van der Waals surface area contributed by atoms with Crippen LogP contribution in [0.15, 0.2) is 23.0 Å². The number of carbonyl (C=O) groups is 1. The fraction of sp³-hybridized carbons (Fsp3) is 0.455. The van der Waals surface area contributed by atoms with E-state index in [4.69, 9.17) is 10.5 Å². The quantitative estimate of drug-likeness (QED) is 0.737. The van der Waals surface area contributed by atoms with Crippen LogP contribution in [0.4, 0.5) is 32.1 Å². The Hall–Kier alpha value is -3.03. The lowest BCUT2D eigenvalue weighted by atomic mass is 10.1. The number of aromatic nitrogens is 1. The lowest BCUT2D eigenvalue weighted by Gasteiger charge is -2.25. The Morgan fingerprint density at radius 2 is 1.83 bits per heavy atom. The number of nitrogens with zero attached hydrogens (tertiary/aromatic N) is 2. The van der Waals surface area contributed by atoms with Crippen molar-refractivity contribution >= 4 is 29.0 Å². The molecule has 0 fully saturated rings. The van der Waals surface area contributed by atoms with Crippen molar-refractivity contribution in [1.82, 2.24) is 4.57 Å². The highest BCUT2D eigenvalue weighted by Gasteiger charge is 2.33. The van der Waals surface area contributed by atoms with Crippen LogP contribution in [0.5, 0.6) is 0 Å². The monoisotopic (exact) mass is 418 g/mol. The van der Waals surface area contributed by atoms with Crippen molar-refractivity contribution in [2.24, 2.45) is 0 Å². The number of nitrogens with two attached hydrogens (primary N) is 1. The van der Waals surface area contributed by atoms with E-state index in [9.17, 15) is 14.0 Å². The van der Waals surface area contributed by atoms with E-state index in [1.807, 2.05) is 13.8 Å². The van der Waals surface area contributed by atoms with Crippen LogP contribution in [0.1, 0.15) is 45.7 Å². The van der Waals surface area contributed by atoms with Gasteiger partial charge in [0.25, 0.3) is 5.56 Å². The zero-order valence-corrected chi connectivity index (χ0v) is 18.7. The third kappa shape index (κ3) is 4.58. The minimum Gasteiger partial charge on any atom is -0.443 e. The minimum atomic E-state index is -0.684. The molecule has 164 valence electrons. The average Bonchev–Trinajstić information content (AvgIpc) is 3.11. The van der Waals surface area contributed by atoms with Crippen molar-refractivity contribution in [2.45, 2.75) is 60.6 Å². The number of aryl methyl sites for hydroxylation is 1. The molecule has 0 spiro atoms. The number of hydrogen-bond acceptors (Lipinski definition) is 5. The second-order valence-corrected chi connectivity index (χ2v) is 7.93. The molecule has 0 saturated heterocycles. The highest BCUT2D eigenvalue weighted by Crippen LogP contribution is 2.37. The SMILES string of the molecule is CC.Cc1ccc(Nc2c(N)c3n(c(=O)c2C)CCN3C(=O)OC(C)(C)C)c(F)c1. The summed E-state index contributed by atoms with van der Waals surface area (Å²) >= 11 is 0. The van der Waals surface area contributed by atoms with Gasteiger partial charge < -0.3 is 15.8 Å². The summed E-state index contributed by atoms with van der Waals surface area (Å²) in [5.41, 5.74) is 7.17.